The minimum absolute atomic E-state index is 0.136. The average molecular weight is 574 g/mol. The molecule has 0 radical (unpaired) electrons. The van der Waals surface area contributed by atoms with Crippen molar-refractivity contribution in [1.29, 1.82) is 0 Å². The molecule has 0 saturated carbocycles. The molecular formula is C36H50Zr. The molecule has 0 heterocycles. The Morgan fingerprint density at radius 1 is 0.838 bits per heavy atom. The third-order valence-corrected chi connectivity index (χ3v) is 15.7. The van der Waals surface area contributed by atoms with Crippen LogP contribution in [0.2, 0.25) is 0 Å². The van der Waals surface area contributed by atoms with E-state index in [4.69, 9.17) is 0 Å². The Morgan fingerprint density at radius 3 is 2.03 bits per heavy atom. The van der Waals surface area contributed by atoms with Gasteiger partial charge in [-0.3, -0.25) is 0 Å². The molecule has 2 aliphatic carbocycles. The summed E-state index contributed by atoms with van der Waals surface area (Å²) in [7, 11) is 0. The summed E-state index contributed by atoms with van der Waals surface area (Å²) in [5.41, 5.74) is 11.2. The van der Waals surface area contributed by atoms with Crippen molar-refractivity contribution in [1.82, 2.24) is 0 Å². The van der Waals surface area contributed by atoms with E-state index in [2.05, 4.69) is 126 Å². The predicted octanol–water partition coefficient (Wildman–Crippen LogP) is 9.59. The molecule has 0 spiro atoms. The molecule has 198 valence electrons. The molecule has 0 nitrogen and oxygen atoms in total. The van der Waals surface area contributed by atoms with Crippen molar-refractivity contribution >= 4 is 6.48 Å². The normalized spacial score (nSPS) is 15.5. The summed E-state index contributed by atoms with van der Waals surface area (Å²) in [6.07, 6.45) is 8.72. The van der Waals surface area contributed by atoms with E-state index >= 15 is 0 Å². The second kappa shape index (κ2) is 10.0. The molecule has 0 fully saturated rings. The Morgan fingerprint density at radius 2 is 1.46 bits per heavy atom. The fraction of sp³-hybridized carbons (Fsp3) is 0.528. The first kappa shape index (κ1) is 28.7. The summed E-state index contributed by atoms with van der Waals surface area (Å²) in [6, 6.07) is 12.5. The van der Waals surface area contributed by atoms with Crippen LogP contribution < -0.4 is 3.27 Å². The zero-order chi connectivity index (χ0) is 27.5. The zero-order valence-corrected chi connectivity index (χ0v) is 28.2. The predicted molar refractivity (Wildman–Crippen MR) is 162 cm³/mol. The first-order valence-electron chi connectivity index (χ1n) is 14.4. The van der Waals surface area contributed by atoms with Gasteiger partial charge in [-0.1, -0.05) is 0 Å². The van der Waals surface area contributed by atoms with Gasteiger partial charge in [0, 0.05) is 0 Å². The molecule has 0 N–H and O–H groups in total. The van der Waals surface area contributed by atoms with E-state index in [0.29, 0.717) is 5.92 Å². The van der Waals surface area contributed by atoms with Gasteiger partial charge in [0.15, 0.2) is 0 Å². The molecule has 0 amide bonds. The Kier molecular flexibility index (Phi) is 7.76. The number of benzene rings is 2. The average Bonchev–Trinajstić information content (AvgIpc) is 3.36. The second-order valence-electron chi connectivity index (χ2n) is 15.0. The van der Waals surface area contributed by atoms with Crippen molar-refractivity contribution < 1.29 is 21.3 Å². The first-order valence-corrected chi connectivity index (χ1v) is 18.1. The Balaban J connectivity index is 1.89. The van der Waals surface area contributed by atoms with Crippen LogP contribution in [0.5, 0.6) is 0 Å². The van der Waals surface area contributed by atoms with Crippen molar-refractivity contribution in [3.8, 4) is 11.1 Å². The number of fused-ring (bicyclic) bond motifs is 3. The topological polar surface area (TPSA) is 0 Å². The van der Waals surface area contributed by atoms with Crippen LogP contribution in [0, 0.1) is 11.3 Å². The van der Waals surface area contributed by atoms with Crippen LogP contribution >= 0.6 is 0 Å². The minimum atomic E-state index is -2.22. The summed E-state index contributed by atoms with van der Waals surface area (Å²) in [4.78, 5) is 0. The standard InChI is InChI=1S/C21H25.C12H19.C3H6.Zr/c1-20(2,3)16-9-7-14-11-15-8-10-17(21(4,5)6)13-19(15)18(14)12-16;1-10(2)9-12(3,4)11-7-5-6-8-11;1-3-2;/h7,9-10,12-13H,11H2,1-6H3;7-8,10H,5,9H2,1-4H3;1-2H3;. The molecule has 0 unspecified atom stereocenters. The van der Waals surface area contributed by atoms with Gasteiger partial charge in [0.25, 0.3) is 0 Å². The van der Waals surface area contributed by atoms with Crippen molar-refractivity contribution in [2.45, 2.75) is 113 Å². The molecule has 2 aliphatic rings. The molecule has 2 aromatic carbocycles. The Bertz CT molecular complexity index is 1310. The molecule has 2 aromatic rings. The van der Waals surface area contributed by atoms with Gasteiger partial charge in [-0.25, -0.2) is 0 Å². The van der Waals surface area contributed by atoms with Crippen LogP contribution in [-0.4, -0.2) is 3.21 Å². The van der Waals surface area contributed by atoms with Gasteiger partial charge in [0.2, 0.25) is 0 Å². The molecule has 4 rings (SSSR count). The molecule has 1 heteroatoms. The summed E-state index contributed by atoms with van der Waals surface area (Å²) in [5, 5.41) is 0. The van der Waals surface area contributed by atoms with Crippen molar-refractivity contribution in [2.75, 3.05) is 0 Å². The molecule has 0 atom stereocenters. The fourth-order valence-electron chi connectivity index (χ4n) is 6.47. The van der Waals surface area contributed by atoms with Crippen LogP contribution in [0.4, 0.5) is 0 Å². The van der Waals surface area contributed by atoms with Crippen molar-refractivity contribution in [3.63, 3.8) is 0 Å². The monoisotopic (exact) mass is 572 g/mol. The van der Waals surface area contributed by atoms with Gasteiger partial charge in [-0.2, -0.15) is 0 Å². The summed E-state index contributed by atoms with van der Waals surface area (Å²) >= 11 is -2.22. The van der Waals surface area contributed by atoms with Gasteiger partial charge in [-0.05, 0) is 0 Å². The third-order valence-electron chi connectivity index (χ3n) is 8.41. The molecule has 0 bridgehead atoms. The molecule has 0 aromatic heterocycles. The van der Waals surface area contributed by atoms with E-state index in [1.54, 1.807) is 20.9 Å². The zero-order valence-electron chi connectivity index (χ0n) is 25.7. The third kappa shape index (κ3) is 5.83. The number of hydrogen-bond donors (Lipinski definition) is 0. The fourth-order valence-corrected chi connectivity index (χ4v) is 13.7. The quantitative estimate of drug-likeness (QED) is 0.285. The summed E-state index contributed by atoms with van der Waals surface area (Å²) in [5.74, 6) is 0.717. The van der Waals surface area contributed by atoms with Gasteiger partial charge < -0.3 is 0 Å². The number of hydrogen-bond acceptors (Lipinski definition) is 0. The van der Waals surface area contributed by atoms with Crippen molar-refractivity contribution in [2.24, 2.45) is 11.3 Å². The van der Waals surface area contributed by atoms with E-state index in [1.165, 1.54) is 34.2 Å². The Labute approximate surface area is 235 Å². The van der Waals surface area contributed by atoms with Crippen LogP contribution in [-0.2, 0) is 38.5 Å². The number of allylic oxidation sites excluding steroid dienone is 4. The van der Waals surface area contributed by atoms with E-state index in [0.717, 1.165) is 12.8 Å². The van der Waals surface area contributed by atoms with E-state index in [-0.39, 0.29) is 16.2 Å². The van der Waals surface area contributed by atoms with E-state index in [9.17, 15) is 0 Å². The molecular weight excluding hydrogens is 524 g/mol. The molecule has 37 heavy (non-hydrogen) atoms. The van der Waals surface area contributed by atoms with Gasteiger partial charge >= 0.3 is 237 Å². The second-order valence-corrected chi connectivity index (χ2v) is 22.2. The van der Waals surface area contributed by atoms with E-state index in [1.807, 2.05) is 0 Å². The van der Waals surface area contributed by atoms with Crippen LogP contribution in [0.1, 0.15) is 118 Å². The van der Waals surface area contributed by atoms with Gasteiger partial charge in [-0.15, -0.1) is 0 Å². The first-order chi connectivity index (χ1) is 17.0. The van der Waals surface area contributed by atoms with Gasteiger partial charge in [0.1, 0.15) is 0 Å². The summed E-state index contributed by atoms with van der Waals surface area (Å²) in [6.45, 7) is 28.6. The van der Waals surface area contributed by atoms with Crippen molar-refractivity contribution in [3.05, 3.63) is 73.6 Å². The maximum atomic E-state index is 2.65. The number of rotatable bonds is 5. The molecule has 0 saturated heterocycles. The van der Waals surface area contributed by atoms with Gasteiger partial charge in [0.05, 0.1) is 0 Å². The van der Waals surface area contributed by atoms with Crippen LogP contribution in [0.3, 0.4) is 0 Å². The molecule has 0 aliphatic heterocycles. The Hall–Kier alpha value is -1.33. The maximum absolute atomic E-state index is 2.65. The van der Waals surface area contributed by atoms with Crippen LogP contribution in [0.15, 0.2) is 51.3 Å². The van der Waals surface area contributed by atoms with Crippen LogP contribution in [0.25, 0.3) is 11.1 Å². The van der Waals surface area contributed by atoms with E-state index < -0.39 is 21.3 Å². The summed E-state index contributed by atoms with van der Waals surface area (Å²) < 4.78 is 5.21. The SMILES string of the molecule is C[C](C)=[Zr]([C]1=CC(C(C)(C)CC(C)C)=CC1)[c]1cc(C(C)(C)C)cc2c1Cc1ccc(C(C)(C)C)cc1-2.